The number of hydrogen-bond acceptors (Lipinski definition) is 2. The van der Waals surface area contributed by atoms with E-state index in [9.17, 15) is 9.59 Å². The largest absolute Gasteiger partial charge is 0.350 e. The van der Waals surface area contributed by atoms with E-state index >= 15 is 0 Å². The van der Waals surface area contributed by atoms with Crippen molar-refractivity contribution in [2.75, 3.05) is 0 Å². The van der Waals surface area contributed by atoms with E-state index in [4.69, 9.17) is 11.6 Å². The van der Waals surface area contributed by atoms with E-state index in [1.54, 1.807) is 17.0 Å². The molecule has 1 aliphatic rings. The molecule has 1 N–H and O–H groups in total. The number of halogens is 1. The molecule has 0 fully saturated rings. The molecule has 0 unspecified atom stereocenters. The summed E-state index contributed by atoms with van der Waals surface area (Å²) in [6, 6.07) is 26.9. The fourth-order valence-electron chi connectivity index (χ4n) is 4.50. The number of para-hydroxylation sites is 1. The molecule has 0 spiro atoms. The maximum absolute atomic E-state index is 13.8. The summed E-state index contributed by atoms with van der Waals surface area (Å²) in [6.07, 6.45) is 0. The van der Waals surface area contributed by atoms with Crippen LogP contribution in [0.4, 0.5) is 0 Å². The van der Waals surface area contributed by atoms with Crippen LogP contribution in [0.1, 0.15) is 28.5 Å². The van der Waals surface area contributed by atoms with Crippen LogP contribution in [-0.2, 0) is 24.4 Å². The van der Waals surface area contributed by atoms with Crippen molar-refractivity contribution in [3.8, 4) is 0 Å². The molecular weight excluding hydrogens is 434 g/mol. The zero-order valence-electron chi connectivity index (χ0n) is 18.3. The van der Waals surface area contributed by atoms with Crippen molar-refractivity contribution in [2.24, 2.45) is 0 Å². The minimum atomic E-state index is -1.07. The first-order chi connectivity index (χ1) is 16.0. The minimum Gasteiger partial charge on any atom is -0.350 e. The van der Waals surface area contributed by atoms with Crippen molar-refractivity contribution < 1.29 is 9.59 Å². The molecule has 2 amide bonds. The van der Waals surface area contributed by atoms with E-state index in [2.05, 4.69) is 5.32 Å². The number of carbonyl (C=O) groups is 2. The summed E-state index contributed by atoms with van der Waals surface area (Å²) in [5.41, 5.74) is 2.40. The molecular formula is C27H24ClN3O2. The third kappa shape index (κ3) is 3.89. The Balaban J connectivity index is 1.53. The zero-order valence-corrected chi connectivity index (χ0v) is 19.0. The third-order valence-electron chi connectivity index (χ3n) is 6.38. The summed E-state index contributed by atoms with van der Waals surface area (Å²) in [6.45, 7) is 2.93. The smallest absolute Gasteiger partial charge is 0.271 e. The van der Waals surface area contributed by atoms with Crippen molar-refractivity contribution in [3.63, 3.8) is 0 Å². The Morgan fingerprint density at radius 2 is 1.67 bits per heavy atom. The number of nitrogens with one attached hydrogen (secondary N) is 1. The molecule has 0 radical (unpaired) electrons. The first-order valence-corrected chi connectivity index (χ1v) is 11.3. The summed E-state index contributed by atoms with van der Waals surface area (Å²) in [4.78, 5) is 29.1. The fourth-order valence-corrected chi connectivity index (χ4v) is 4.62. The van der Waals surface area contributed by atoms with Gasteiger partial charge in [-0.25, -0.2) is 0 Å². The van der Waals surface area contributed by atoms with Gasteiger partial charge in [0.2, 0.25) is 5.91 Å². The lowest BCUT2D eigenvalue weighted by atomic mass is 9.93. The molecule has 0 saturated heterocycles. The van der Waals surface area contributed by atoms with E-state index in [0.29, 0.717) is 30.4 Å². The zero-order chi connectivity index (χ0) is 23.0. The van der Waals surface area contributed by atoms with Crippen LogP contribution >= 0.6 is 11.6 Å². The quantitative estimate of drug-likeness (QED) is 0.457. The Kier molecular flexibility index (Phi) is 5.43. The molecule has 4 aromatic rings. The van der Waals surface area contributed by atoms with Gasteiger partial charge in [0.15, 0.2) is 0 Å². The molecule has 3 aromatic carbocycles. The predicted octanol–water partition coefficient (Wildman–Crippen LogP) is 5.03. The highest BCUT2D eigenvalue weighted by Gasteiger charge is 2.47. The first kappa shape index (κ1) is 21.3. The summed E-state index contributed by atoms with van der Waals surface area (Å²) in [7, 11) is 0. The van der Waals surface area contributed by atoms with Crippen LogP contribution in [0, 0.1) is 0 Å². The molecule has 1 atom stereocenters. The van der Waals surface area contributed by atoms with E-state index in [-0.39, 0.29) is 11.8 Å². The predicted molar refractivity (Wildman–Crippen MR) is 130 cm³/mol. The van der Waals surface area contributed by atoms with Gasteiger partial charge < -0.3 is 14.8 Å². The van der Waals surface area contributed by atoms with E-state index in [1.807, 2.05) is 84.3 Å². The van der Waals surface area contributed by atoms with Gasteiger partial charge in [0.05, 0.1) is 6.54 Å². The Labute approximate surface area is 197 Å². The van der Waals surface area contributed by atoms with Gasteiger partial charge in [-0.2, -0.15) is 0 Å². The topological polar surface area (TPSA) is 54.3 Å². The molecule has 33 heavy (non-hydrogen) atoms. The monoisotopic (exact) mass is 457 g/mol. The number of aromatic nitrogens is 1. The Morgan fingerprint density at radius 1 is 0.970 bits per heavy atom. The summed E-state index contributed by atoms with van der Waals surface area (Å²) in [5, 5.41) is 4.68. The molecule has 6 heteroatoms. The minimum absolute atomic E-state index is 0.162. The van der Waals surface area contributed by atoms with Crippen LogP contribution in [0.5, 0.6) is 0 Å². The lowest BCUT2D eigenvalue weighted by Crippen LogP contribution is -2.63. The highest BCUT2D eigenvalue weighted by molar-refractivity contribution is 6.30. The highest BCUT2D eigenvalue weighted by Crippen LogP contribution is 2.33. The number of amides is 2. The summed E-state index contributed by atoms with van der Waals surface area (Å²) < 4.78 is 1.97. The van der Waals surface area contributed by atoms with Crippen molar-refractivity contribution in [3.05, 3.63) is 107 Å². The third-order valence-corrected chi connectivity index (χ3v) is 6.63. The Bertz CT molecular complexity index is 1330. The molecule has 0 saturated carbocycles. The van der Waals surface area contributed by atoms with Gasteiger partial charge in [-0.15, -0.1) is 0 Å². The van der Waals surface area contributed by atoms with Gasteiger partial charge >= 0.3 is 0 Å². The molecule has 1 aliphatic heterocycles. The van der Waals surface area contributed by atoms with E-state index in [1.165, 1.54) is 0 Å². The number of rotatable bonds is 5. The molecule has 5 nitrogen and oxygen atoms in total. The van der Waals surface area contributed by atoms with Crippen molar-refractivity contribution in [1.29, 1.82) is 0 Å². The number of fused-ring (bicyclic) bond motifs is 3. The Morgan fingerprint density at radius 3 is 2.42 bits per heavy atom. The van der Waals surface area contributed by atoms with Crippen LogP contribution in [0.3, 0.4) is 0 Å². The maximum Gasteiger partial charge on any atom is 0.271 e. The number of benzene rings is 3. The molecule has 2 heterocycles. The second-order valence-electron chi connectivity index (χ2n) is 8.63. The van der Waals surface area contributed by atoms with Crippen molar-refractivity contribution in [2.45, 2.75) is 32.1 Å². The van der Waals surface area contributed by atoms with Crippen LogP contribution in [-0.4, -0.2) is 26.8 Å². The lowest BCUT2D eigenvalue weighted by molar-refractivity contribution is -0.133. The summed E-state index contributed by atoms with van der Waals surface area (Å²) in [5.74, 6) is -0.346. The van der Waals surface area contributed by atoms with Crippen molar-refractivity contribution >= 4 is 34.3 Å². The van der Waals surface area contributed by atoms with Crippen LogP contribution in [0.15, 0.2) is 84.9 Å². The van der Waals surface area contributed by atoms with Crippen LogP contribution in [0.25, 0.3) is 10.9 Å². The lowest BCUT2D eigenvalue weighted by Gasteiger charge is -2.44. The maximum atomic E-state index is 13.8. The normalized spacial score (nSPS) is 17.8. The van der Waals surface area contributed by atoms with Gasteiger partial charge in [-0.1, -0.05) is 72.3 Å². The van der Waals surface area contributed by atoms with E-state index < -0.39 is 5.54 Å². The van der Waals surface area contributed by atoms with Crippen LogP contribution < -0.4 is 5.32 Å². The van der Waals surface area contributed by atoms with Gasteiger partial charge in [0.25, 0.3) is 5.91 Å². The van der Waals surface area contributed by atoms with Crippen molar-refractivity contribution in [1.82, 2.24) is 14.8 Å². The van der Waals surface area contributed by atoms with Crippen LogP contribution in [0.2, 0.25) is 5.02 Å². The number of nitrogens with zero attached hydrogens (tertiary/aromatic N) is 2. The Hall–Kier alpha value is -3.57. The van der Waals surface area contributed by atoms with Gasteiger partial charge in [-0.05, 0) is 42.3 Å². The molecule has 0 aliphatic carbocycles. The van der Waals surface area contributed by atoms with Gasteiger partial charge in [-0.3, -0.25) is 9.59 Å². The molecule has 1 aromatic heterocycles. The van der Waals surface area contributed by atoms with Gasteiger partial charge in [0.1, 0.15) is 11.2 Å². The second kappa shape index (κ2) is 8.41. The molecule has 166 valence electrons. The average Bonchev–Trinajstić information content (AvgIpc) is 3.20. The number of hydrogen-bond donors (Lipinski definition) is 1. The summed E-state index contributed by atoms with van der Waals surface area (Å²) >= 11 is 6.05. The van der Waals surface area contributed by atoms with E-state index in [0.717, 1.165) is 22.0 Å². The molecule has 5 rings (SSSR count). The SMILES string of the molecule is C[C@@]1(C(=O)NCc2ccccc2)Cn2c(cc3ccccc32)C(=O)N1Cc1ccc(Cl)cc1. The average molecular weight is 458 g/mol. The molecule has 0 bridgehead atoms. The second-order valence-corrected chi connectivity index (χ2v) is 9.07. The van der Waals surface area contributed by atoms with Gasteiger partial charge in [0, 0.05) is 29.0 Å². The first-order valence-electron chi connectivity index (χ1n) is 10.9. The fraction of sp³-hybridized carbons (Fsp3) is 0.185. The number of carbonyl (C=O) groups excluding carboxylic acids is 2. The standard InChI is InChI=1S/C27H24ClN3O2/c1-27(26(33)29-16-19-7-3-2-4-8-19)18-30-23-10-6-5-9-21(23)15-24(30)25(32)31(27)17-20-11-13-22(28)14-12-20/h2-15H,16-18H2,1H3,(H,29,33)/t27-/m0/s1. The highest BCUT2D eigenvalue weighted by atomic mass is 35.5.